The molecule has 0 spiro atoms. The number of halogens is 1. The topological polar surface area (TPSA) is 75.3 Å². The van der Waals surface area contributed by atoms with E-state index in [0.29, 0.717) is 6.54 Å². The molecular weight excluding hydrogens is 343 g/mol. The first-order valence-corrected chi connectivity index (χ1v) is 9.06. The van der Waals surface area contributed by atoms with Crippen LogP contribution in [-0.2, 0) is 16.6 Å². The van der Waals surface area contributed by atoms with E-state index in [-0.39, 0.29) is 12.1 Å². The van der Waals surface area contributed by atoms with Gasteiger partial charge in [0.05, 0.1) is 0 Å². The lowest BCUT2D eigenvalue weighted by Gasteiger charge is -2.10. The van der Waals surface area contributed by atoms with Gasteiger partial charge in [0.2, 0.25) is 10.0 Å². The molecule has 0 unspecified atom stereocenters. The molecule has 2 aromatic carbocycles. The van der Waals surface area contributed by atoms with Gasteiger partial charge >= 0.3 is 0 Å². The quantitative estimate of drug-likeness (QED) is 0.743. The van der Waals surface area contributed by atoms with Crippen molar-refractivity contribution in [1.29, 1.82) is 0 Å². The molecule has 7 heteroatoms. The Morgan fingerprint density at radius 1 is 1.24 bits per heavy atom. The highest BCUT2D eigenvalue weighted by atomic mass is 32.2. The number of carbonyl (C=O) groups is 1. The monoisotopic (exact) mass is 362 g/mol. The van der Waals surface area contributed by atoms with Gasteiger partial charge in [0.1, 0.15) is 10.7 Å². The Hall–Kier alpha value is -2.51. The smallest absolute Gasteiger partial charge is 0.251 e. The van der Waals surface area contributed by atoms with Crippen molar-refractivity contribution >= 4 is 15.9 Å². The van der Waals surface area contributed by atoms with Crippen LogP contribution >= 0.6 is 0 Å². The van der Waals surface area contributed by atoms with Gasteiger partial charge in [-0.15, -0.1) is 6.58 Å². The summed E-state index contributed by atoms with van der Waals surface area (Å²) in [4.78, 5) is 11.7. The largest absolute Gasteiger partial charge is 0.348 e. The summed E-state index contributed by atoms with van der Waals surface area (Å²) in [6.07, 6.45) is 1.34. The Morgan fingerprint density at radius 2 is 1.96 bits per heavy atom. The molecule has 0 aliphatic rings. The van der Waals surface area contributed by atoms with Gasteiger partial charge in [-0.25, -0.2) is 17.5 Å². The molecule has 25 heavy (non-hydrogen) atoms. The van der Waals surface area contributed by atoms with Gasteiger partial charge in [0.15, 0.2) is 0 Å². The zero-order valence-electron chi connectivity index (χ0n) is 13.8. The van der Waals surface area contributed by atoms with Gasteiger partial charge in [-0.05, 0) is 36.2 Å². The number of sulfonamides is 1. The van der Waals surface area contributed by atoms with Gasteiger partial charge < -0.3 is 5.32 Å². The average Bonchev–Trinajstić information content (AvgIpc) is 2.59. The number of rotatable bonds is 7. The highest BCUT2D eigenvalue weighted by molar-refractivity contribution is 7.89. The number of benzene rings is 2. The fourth-order valence-electron chi connectivity index (χ4n) is 2.18. The number of aryl methyl sites for hydroxylation is 1. The van der Waals surface area contributed by atoms with Crippen LogP contribution in [0.1, 0.15) is 21.5 Å². The summed E-state index contributed by atoms with van der Waals surface area (Å²) in [7, 11) is -4.06. The Balaban J connectivity index is 2.19. The van der Waals surface area contributed by atoms with Crippen LogP contribution in [0.5, 0.6) is 0 Å². The molecule has 1 amide bonds. The first-order chi connectivity index (χ1) is 11.8. The molecule has 0 aliphatic carbocycles. The summed E-state index contributed by atoms with van der Waals surface area (Å²) < 4.78 is 40.2. The maximum atomic E-state index is 13.9. The second kappa shape index (κ2) is 8.04. The lowest BCUT2D eigenvalue weighted by Crippen LogP contribution is -2.26. The van der Waals surface area contributed by atoms with Crippen molar-refractivity contribution in [2.24, 2.45) is 0 Å². The third-order valence-electron chi connectivity index (χ3n) is 3.60. The van der Waals surface area contributed by atoms with E-state index in [1.165, 1.54) is 12.1 Å². The maximum Gasteiger partial charge on any atom is 0.251 e. The molecule has 0 aromatic heterocycles. The Bertz CT molecular complexity index is 895. The van der Waals surface area contributed by atoms with Crippen LogP contribution < -0.4 is 10.0 Å². The van der Waals surface area contributed by atoms with Crippen LogP contribution in [0.2, 0.25) is 0 Å². The molecule has 0 saturated carbocycles. The first kappa shape index (κ1) is 18.8. The van der Waals surface area contributed by atoms with Crippen molar-refractivity contribution in [3.63, 3.8) is 0 Å². The third kappa shape index (κ3) is 4.74. The minimum atomic E-state index is -4.06. The molecule has 2 N–H and O–H groups in total. The van der Waals surface area contributed by atoms with Crippen LogP contribution in [0.25, 0.3) is 0 Å². The molecular formula is C18H19FN2O3S. The molecule has 132 valence electrons. The van der Waals surface area contributed by atoms with Crippen LogP contribution in [-0.4, -0.2) is 20.9 Å². The number of nitrogens with one attached hydrogen (secondary N) is 2. The Morgan fingerprint density at radius 3 is 2.64 bits per heavy atom. The van der Waals surface area contributed by atoms with Gasteiger partial charge in [-0.2, -0.15) is 0 Å². The van der Waals surface area contributed by atoms with E-state index in [9.17, 15) is 17.6 Å². The summed E-state index contributed by atoms with van der Waals surface area (Å²) in [6, 6.07) is 10.8. The third-order valence-corrected chi connectivity index (χ3v) is 5.04. The zero-order chi connectivity index (χ0) is 18.4. The van der Waals surface area contributed by atoms with Gasteiger partial charge in [-0.3, -0.25) is 4.79 Å². The molecule has 2 aromatic rings. The van der Waals surface area contributed by atoms with Crippen molar-refractivity contribution in [2.75, 3.05) is 6.54 Å². The number of hydrogen-bond donors (Lipinski definition) is 2. The molecule has 0 heterocycles. The molecule has 0 fully saturated rings. The fraction of sp³-hybridized carbons (Fsp3) is 0.167. The minimum Gasteiger partial charge on any atom is -0.348 e. The molecule has 2 rings (SSSR count). The normalized spacial score (nSPS) is 11.1. The maximum absolute atomic E-state index is 13.9. The van der Waals surface area contributed by atoms with Crippen molar-refractivity contribution in [1.82, 2.24) is 10.0 Å². The Labute approximate surface area is 146 Å². The summed E-state index contributed by atoms with van der Waals surface area (Å²) in [6.45, 7) is 5.58. The Kier molecular flexibility index (Phi) is 6.06. The summed E-state index contributed by atoms with van der Waals surface area (Å²) in [5.41, 5.74) is 2.03. The van der Waals surface area contributed by atoms with Crippen molar-refractivity contribution in [3.05, 3.63) is 77.6 Å². The van der Waals surface area contributed by atoms with E-state index in [1.54, 1.807) is 0 Å². The number of hydrogen-bond acceptors (Lipinski definition) is 3. The van der Waals surface area contributed by atoms with E-state index < -0.39 is 26.6 Å². The molecule has 0 saturated heterocycles. The molecule has 5 nitrogen and oxygen atoms in total. The average molecular weight is 362 g/mol. The number of amides is 1. The summed E-state index contributed by atoms with van der Waals surface area (Å²) >= 11 is 0. The second-order valence-corrected chi connectivity index (χ2v) is 7.13. The predicted octanol–water partition coefficient (Wildman–Crippen LogP) is 2.53. The fourth-order valence-corrected chi connectivity index (χ4v) is 3.28. The van der Waals surface area contributed by atoms with E-state index in [1.807, 2.05) is 31.2 Å². The highest BCUT2D eigenvalue weighted by Gasteiger charge is 2.20. The molecule has 0 bridgehead atoms. The SMILES string of the molecule is C=CCNS(=O)(=O)c1cc(C(=O)NCc2ccccc2C)ccc1F. The van der Waals surface area contributed by atoms with Crippen molar-refractivity contribution in [3.8, 4) is 0 Å². The van der Waals surface area contributed by atoms with E-state index in [4.69, 9.17) is 0 Å². The van der Waals surface area contributed by atoms with Crippen LogP contribution in [0.15, 0.2) is 60.0 Å². The second-order valence-electron chi connectivity index (χ2n) is 5.39. The first-order valence-electron chi connectivity index (χ1n) is 7.58. The lowest BCUT2D eigenvalue weighted by molar-refractivity contribution is 0.0950. The molecule has 0 radical (unpaired) electrons. The van der Waals surface area contributed by atoms with Gasteiger partial charge in [0, 0.05) is 18.7 Å². The lowest BCUT2D eigenvalue weighted by atomic mass is 10.1. The molecule has 0 atom stereocenters. The van der Waals surface area contributed by atoms with Crippen molar-refractivity contribution in [2.45, 2.75) is 18.4 Å². The number of carbonyl (C=O) groups excluding carboxylic acids is 1. The van der Waals surface area contributed by atoms with Crippen molar-refractivity contribution < 1.29 is 17.6 Å². The van der Waals surface area contributed by atoms with Crippen LogP contribution in [0.4, 0.5) is 4.39 Å². The van der Waals surface area contributed by atoms with Crippen LogP contribution in [0.3, 0.4) is 0 Å². The standard InChI is InChI=1S/C18H19FN2O3S/c1-3-10-21-25(23,24)17-11-14(8-9-16(17)19)18(22)20-12-15-7-5-4-6-13(15)2/h3-9,11,21H,1,10,12H2,2H3,(H,20,22). The highest BCUT2D eigenvalue weighted by Crippen LogP contribution is 2.17. The van der Waals surface area contributed by atoms with E-state index in [0.717, 1.165) is 23.3 Å². The zero-order valence-corrected chi connectivity index (χ0v) is 14.6. The van der Waals surface area contributed by atoms with Gasteiger partial charge in [-0.1, -0.05) is 30.3 Å². The molecule has 0 aliphatic heterocycles. The van der Waals surface area contributed by atoms with Gasteiger partial charge in [0.25, 0.3) is 5.91 Å². The predicted molar refractivity (Wildman–Crippen MR) is 94.1 cm³/mol. The van der Waals surface area contributed by atoms with Crippen LogP contribution in [0, 0.1) is 12.7 Å². The van der Waals surface area contributed by atoms with E-state index in [2.05, 4.69) is 16.6 Å². The summed E-state index contributed by atoms with van der Waals surface area (Å²) in [5, 5.41) is 2.70. The minimum absolute atomic E-state index is 0.0362. The van der Waals surface area contributed by atoms with E-state index >= 15 is 0 Å². The summed E-state index contributed by atoms with van der Waals surface area (Å²) in [5.74, 6) is -1.41.